The van der Waals surface area contributed by atoms with Crippen molar-refractivity contribution >= 4 is 0 Å². The molecule has 1 heteroatoms. The normalized spacial score (nSPS) is 53.1. The Balaban J connectivity index is 1.59. The van der Waals surface area contributed by atoms with Crippen LogP contribution in [0.5, 0.6) is 0 Å². The minimum Gasteiger partial charge on any atom is -0.393 e. The van der Waals surface area contributed by atoms with Crippen LogP contribution in [0.1, 0.15) is 126 Å². The van der Waals surface area contributed by atoms with Gasteiger partial charge in [0, 0.05) is 0 Å². The second-order valence-corrected chi connectivity index (χ2v) is 15.2. The predicted molar refractivity (Wildman–Crippen MR) is 131 cm³/mol. The number of hydrogen-bond acceptors (Lipinski definition) is 1. The van der Waals surface area contributed by atoms with Crippen molar-refractivity contribution in [2.45, 2.75) is 132 Å². The van der Waals surface area contributed by atoms with Gasteiger partial charge in [0.2, 0.25) is 0 Å². The maximum absolute atomic E-state index is 10.9. The van der Waals surface area contributed by atoms with E-state index in [0.717, 1.165) is 12.3 Å². The van der Waals surface area contributed by atoms with E-state index < -0.39 is 0 Å². The first-order valence-corrected chi connectivity index (χ1v) is 13.6. The van der Waals surface area contributed by atoms with Gasteiger partial charge in [0.15, 0.2) is 0 Å². The Morgan fingerprint density at radius 3 is 2.06 bits per heavy atom. The average Bonchev–Trinajstić information content (AvgIpc) is 2.67. The van der Waals surface area contributed by atoms with Crippen LogP contribution < -0.4 is 0 Å². The molecular formula is C30H50O. The molecule has 0 aromatic rings. The molecule has 0 aromatic carbocycles. The summed E-state index contributed by atoms with van der Waals surface area (Å²) in [5, 5.41) is 10.9. The highest BCUT2D eigenvalue weighted by molar-refractivity contribution is 5.38. The summed E-state index contributed by atoms with van der Waals surface area (Å²) in [4.78, 5) is 0. The monoisotopic (exact) mass is 426 g/mol. The van der Waals surface area contributed by atoms with E-state index in [4.69, 9.17) is 0 Å². The third-order valence-corrected chi connectivity index (χ3v) is 12.9. The molecule has 4 saturated carbocycles. The van der Waals surface area contributed by atoms with Gasteiger partial charge in [-0.2, -0.15) is 0 Å². The van der Waals surface area contributed by atoms with Crippen LogP contribution in [-0.4, -0.2) is 11.2 Å². The van der Waals surface area contributed by atoms with Crippen LogP contribution in [0, 0.1) is 44.3 Å². The zero-order valence-electron chi connectivity index (χ0n) is 22.0. The molecule has 5 rings (SSSR count). The largest absolute Gasteiger partial charge is 0.393 e. The first-order chi connectivity index (χ1) is 14.2. The minimum absolute atomic E-state index is 0.0620. The SMILES string of the molecule is CC1(C)CC[C@]2(C)CC[C@]3(C)C(=C2C1)CC[C@@H]1[C@@]2(C)CCC(O)C(C)(C)[C@@H]2CC[C@]13C. The van der Waals surface area contributed by atoms with Crippen LogP contribution in [0.25, 0.3) is 0 Å². The summed E-state index contributed by atoms with van der Waals surface area (Å²) in [6.07, 6.45) is 14.5. The number of allylic oxidation sites excluding steroid dienone is 2. The molecule has 0 bridgehead atoms. The molecule has 4 fully saturated rings. The maximum atomic E-state index is 10.9. The molecule has 0 amide bonds. The predicted octanol–water partition coefficient (Wildman–Crippen LogP) is 8.31. The van der Waals surface area contributed by atoms with E-state index in [2.05, 4.69) is 55.4 Å². The summed E-state index contributed by atoms with van der Waals surface area (Å²) in [6, 6.07) is 0. The topological polar surface area (TPSA) is 20.2 Å². The number of hydrogen-bond donors (Lipinski definition) is 1. The summed E-state index contributed by atoms with van der Waals surface area (Å²) in [5.74, 6) is 1.47. The summed E-state index contributed by atoms with van der Waals surface area (Å²) in [6.45, 7) is 20.4. The highest BCUT2D eigenvalue weighted by Crippen LogP contribution is 2.75. The van der Waals surface area contributed by atoms with E-state index in [0.29, 0.717) is 33.0 Å². The van der Waals surface area contributed by atoms with E-state index in [-0.39, 0.29) is 11.5 Å². The van der Waals surface area contributed by atoms with Crippen molar-refractivity contribution in [1.82, 2.24) is 0 Å². The lowest BCUT2D eigenvalue weighted by Gasteiger charge is -2.71. The third kappa shape index (κ3) is 2.77. The van der Waals surface area contributed by atoms with E-state index in [9.17, 15) is 5.11 Å². The standard InChI is InChI=1S/C30H50O/c1-25(2)15-16-27(5)17-18-29(7)20(21(27)19-25)9-10-23-28(6)13-12-24(31)26(3,4)22(28)11-14-30(23,29)8/h22-24,31H,9-19H2,1-8H3/t22-,23+,24?,27+,28-,29+,30+/m0/s1. The number of aliphatic hydroxyl groups excluding tert-OH is 1. The van der Waals surface area contributed by atoms with Crippen molar-refractivity contribution in [3.05, 3.63) is 11.1 Å². The van der Waals surface area contributed by atoms with Crippen LogP contribution in [0.2, 0.25) is 0 Å². The molecule has 0 spiro atoms. The maximum Gasteiger partial charge on any atom is 0.0594 e. The second-order valence-electron chi connectivity index (χ2n) is 15.2. The molecule has 1 nitrogen and oxygen atoms in total. The summed E-state index contributed by atoms with van der Waals surface area (Å²) >= 11 is 0. The Morgan fingerprint density at radius 1 is 0.677 bits per heavy atom. The van der Waals surface area contributed by atoms with Crippen molar-refractivity contribution < 1.29 is 5.11 Å². The van der Waals surface area contributed by atoms with Crippen molar-refractivity contribution in [2.75, 3.05) is 0 Å². The first-order valence-electron chi connectivity index (χ1n) is 13.6. The Labute approximate surface area is 192 Å². The van der Waals surface area contributed by atoms with Crippen molar-refractivity contribution in [3.8, 4) is 0 Å². The smallest absolute Gasteiger partial charge is 0.0594 e. The van der Waals surface area contributed by atoms with Crippen LogP contribution in [0.4, 0.5) is 0 Å². The fraction of sp³-hybridized carbons (Fsp3) is 0.933. The zero-order chi connectivity index (χ0) is 22.7. The highest BCUT2D eigenvalue weighted by atomic mass is 16.3. The lowest BCUT2D eigenvalue weighted by molar-refractivity contribution is -0.204. The van der Waals surface area contributed by atoms with E-state index in [1.54, 1.807) is 0 Å². The quantitative estimate of drug-likeness (QED) is 0.386. The second kappa shape index (κ2) is 6.43. The van der Waals surface area contributed by atoms with Gasteiger partial charge in [-0.15, -0.1) is 0 Å². The zero-order valence-corrected chi connectivity index (χ0v) is 22.0. The molecule has 0 radical (unpaired) electrons. The molecule has 7 atom stereocenters. The van der Waals surface area contributed by atoms with E-state index >= 15 is 0 Å². The van der Waals surface area contributed by atoms with Gasteiger partial charge in [-0.3, -0.25) is 0 Å². The van der Waals surface area contributed by atoms with Crippen LogP contribution >= 0.6 is 0 Å². The lowest BCUT2D eigenvalue weighted by atomic mass is 9.34. The van der Waals surface area contributed by atoms with Crippen LogP contribution in [-0.2, 0) is 0 Å². The molecule has 0 heterocycles. The van der Waals surface area contributed by atoms with Gasteiger partial charge in [-0.05, 0) is 115 Å². The Morgan fingerprint density at radius 2 is 1.35 bits per heavy atom. The average molecular weight is 427 g/mol. The molecule has 1 N–H and O–H groups in total. The Hall–Kier alpha value is -0.300. The summed E-state index contributed by atoms with van der Waals surface area (Å²) in [5.41, 5.74) is 6.03. The molecule has 5 aliphatic rings. The fourth-order valence-electron chi connectivity index (χ4n) is 10.5. The first kappa shape index (κ1) is 22.5. The molecule has 0 aliphatic heterocycles. The van der Waals surface area contributed by atoms with Gasteiger partial charge in [-0.1, -0.05) is 66.5 Å². The summed E-state index contributed by atoms with van der Waals surface area (Å²) < 4.78 is 0. The third-order valence-electron chi connectivity index (χ3n) is 12.9. The number of rotatable bonds is 0. The Kier molecular flexibility index (Phi) is 4.66. The highest BCUT2D eigenvalue weighted by Gasteiger charge is 2.67. The molecule has 31 heavy (non-hydrogen) atoms. The molecular weight excluding hydrogens is 376 g/mol. The van der Waals surface area contributed by atoms with Crippen molar-refractivity contribution in [2.24, 2.45) is 44.3 Å². The van der Waals surface area contributed by atoms with Gasteiger partial charge in [-0.25, -0.2) is 0 Å². The molecule has 0 saturated heterocycles. The van der Waals surface area contributed by atoms with Crippen LogP contribution in [0.15, 0.2) is 11.1 Å². The van der Waals surface area contributed by atoms with Crippen LogP contribution in [0.3, 0.4) is 0 Å². The van der Waals surface area contributed by atoms with Gasteiger partial charge in [0.25, 0.3) is 0 Å². The molecule has 5 aliphatic carbocycles. The lowest BCUT2D eigenvalue weighted by Crippen LogP contribution is -2.64. The van der Waals surface area contributed by atoms with Gasteiger partial charge < -0.3 is 5.11 Å². The van der Waals surface area contributed by atoms with Gasteiger partial charge in [0.05, 0.1) is 6.10 Å². The molecule has 0 aromatic heterocycles. The van der Waals surface area contributed by atoms with E-state index in [1.165, 1.54) is 64.2 Å². The van der Waals surface area contributed by atoms with Crippen molar-refractivity contribution in [3.63, 3.8) is 0 Å². The van der Waals surface area contributed by atoms with E-state index in [1.807, 2.05) is 11.1 Å². The van der Waals surface area contributed by atoms with Gasteiger partial charge in [0.1, 0.15) is 0 Å². The Bertz CT molecular complexity index is 803. The molecule has 1 unspecified atom stereocenters. The number of aliphatic hydroxyl groups is 1. The molecule has 176 valence electrons. The fourth-order valence-corrected chi connectivity index (χ4v) is 10.5. The van der Waals surface area contributed by atoms with Crippen molar-refractivity contribution in [1.29, 1.82) is 0 Å². The minimum atomic E-state index is -0.119. The van der Waals surface area contributed by atoms with Gasteiger partial charge >= 0.3 is 0 Å². The number of fused-ring (bicyclic) bond motifs is 6. The summed E-state index contributed by atoms with van der Waals surface area (Å²) in [7, 11) is 0.